The average Bonchev–Trinajstić information content (AvgIpc) is 3.11. The van der Waals surface area contributed by atoms with Crippen LogP contribution in [-0.2, 0) is 13.7 Å². The van der Waals surface area contributed by atoms with Crippen molar-refractivity contribution < 1.29 is 36.6 Å². The van der Waals surface area contributed by atoms with Crippen LogP contribution >= 0.6 is 11.6 Å². The van der Waals surface area contributed by atoms with Crippen LogP contribution in [0.15, 0.2) is 36.5 Å². The lowest BCUT2D eigenvalue weighted by Crippen LogP contribution is -2.32. The highest BCUT2D eigenvalue weighted by atomic mass is 35.5. The van der Waals surface area contributed by atoms with Crippen molar-refractivity contribution in [3.63, 3.8) is 0 Å². The summed E-state index contributed by atoms with van der Waals surface area (Å²) in [6.07, 6.45) is -5.79. The molecule has 0 aliphatic heterocycles. The maximum Gasteiger partial charge on any atom is 0.425 e. The number of nitrogens with zero attached hydrogens (tertiary/aromatic N) is 2. The molecule has 1 atom stereocenters. The number of rotatable bonds is 6. The van der Waals surface area contributed by atoms with Crippen molar-refractivity contribution in [3.8, 4) is 17.0 Å². The normalized spacial score (nSPS) is 12.5. The number of para-hydroxylation sites is 1. The van der Waals surface area contributed by atoms with E-state index < -0.39 is 53.4 Å². The molecule has 6 nitrogen and oxygen atoms in total. The van der Waals surface area contributed by atoms with Gasteiger partial charge in [-0.05, 0) is 31.2 Å². The fraction of sp³-hybridized carbons (Fsp3) is 0.238. The Kier molecular flexibility index (Phi) is 6.94. The first kappa shape index (κ1) is 24.5. The van der Waals surface area contributed by atoms with E-state index in [1.54, 1.807) is 0 Å². The highest BCUT2D eigenvalue weighted by Gasteiger charge is 2.39. The Morgan fingerprint density at radius 1 is 1.27 bits per heavy atom. The number of aliphatic hydroxyl groups is 1. The predicted molar refractivity (Wildman–Crippen MR) is 110 cm³/mol. The minimum atomic E-state index is -4.79. The van der Waals surface area contributed by atoms with Crippen molar-refractivity contribution in [3.05, 3.63) is 64.6 Å². The summed E-state index contributed by atoms with van der Waals surface area (Å²) in [5.41, 5.74) is -1.33. The minimum Gasteiger partial charge on any atom is -0.480 e. The third-order valence-electron chi connectivity index (χ3n) is 4.67. The highest BCUT2D eigenvalue weighted by molar-refractivity contribution is 6.34. The Bertz CT molecular complexity index is 1180. The van der Waals surface area contributed by atoms with Crippen LogP contribution < -0.4 is 10.1 Å². The Hall–Kier alpha value is -3.18. The first-order chi connectivity index (χ1) is 15.4. The van der Waals surface area contributed by atoms with E-state index in [0.29, 0.717) is 13.0 Å². The zero-order valence-corrected chi connectivity index (χ0v) is 17.9. The van der Waals surface area contributed by atoms with Gasteiger partial charge in [0.2, 0.25) is 0 Å². The van der Waals surface area contributed by atoms with Gasteiger partial charge < -0.3 is 19.7 Å². The molecule has 3 aromatic rings. The second-order valence-electron chi connectivity index (χ2n) is 6.99. The van der Waals surface area contributed by atoms with Crippen molar-refractivity contribution in [1.82, 2.24) is 9.55 Å². The molecule has 33 heavy (non-hydrogen) atoms. The van der Waals surface area contributed by atoms with Crippen LogP contribution in [0.1, 0.15) is 23.1 Å². The predicted octanol–water partition coefficient (Wildman–Crippen LogP) is 5.09. The van der Waals surface area contributed by atoms with Gasteiger partial charge in [-0.1, -0.05) is 17.7 Å². The fourth-order valence-corrected chi connectivity index (χ4v) is 3.07. The quantitative estimate of drug-likeness (QED) is 0.473. The highest BCUT2D eigenvalue weighted by Crippen LogP contribution is 2.34. The summed E-state index contributed by atoms with van der Waals surface area (Å²) in [7, 11) is 1.53. The number of hydrogen-bond donors (Lipinski definition) is 2. The van der Waals surface area contributed by atoms with Gasteiger partial charge in [0, 0.05) is 18.8 Å². The zero-order valence-electron chi connectivity index (χ0n) is 17.2. The first-order valence-corrected chi connectivity index (χ1v) is 9.76. The number of nitrogens with one attached hydrogen (secondary N) is 1. The van der Waals surface area contributed by atoms with Crippen LogP contribution in [0.25, 0.3) is 11.3 Å². The van der Waals surface area contributed by atoms with Gasteiger partial charge in [0.15, 0.2) is 6.10 Å². The number of carbonyl (C=O) groups is 1. The summed E-state index contributed by atoms with van der Waals surface area (Å²) >= 11 is 5.87. The Morgan fingerprint density at radius 2 is 1.97 bits per heavy atom. The summed E-state index contributed by atoms with van der Waals surface area (Å²) in [4.78, 5) is 16.8. The third-order valence-corrected chi connectivity index (χ3v) is 4.98. The Morgan fingerprint density at radius 3 is 2.55 bits per heavy atom. The average molecular weight is 490 g/mol. The summed E-state index contributed by atoms with van der Waals surface area (Å²) in [5, 5.41) is 11.3. The van der Waals surface area contributed by atoms with Crippen molar-refractivity contribution in [1.29, 1.82) is 0 Å². The topological polar surface area (TPSA) is 76.4 Å². The molecule has 0 fully saturated rings. The molecule has 1 aromatic heterocycles. The largest absolute Gasteiger partial charge is 0.480 e. The number of benzene rings is 2. The van der Waals surface area contributed by atoms with E-state index in [2.05, 4.69) is 10.3 Å². The standard InChI is InChI=1S/C21H17ClF5N3O3/c1-10(21(25,26)27)33-17-7-11(16-8-30(2)18(9-31)28-16)15(24)6-12(17)20(32)29-19-13(22)4-3-5-14(19)23/h3-8,10,31H,9H2,1-2H3,(H,29,32). The number of halogens is 6. The second-order valence-corrected chi connectivity index (χ2v) is 7.40. The van der Waals surface area contributed by atoms with E-state index in [0.717, 1.165) is 12.1 Å². The van der Waals surface area contributed by atoms with Crippen LogP contribution in [-0.4, -0.2) is 32.8 Å². The summed E-state index contributed by atoms with van der Waals surface area (Å²) in [6.45, 7) is 0.250. The molecule has 0 saturated heterocycles. The van der Waals surface area contributed by atoms with Gasteiger partial charge in [-0.2, -0.15) is 13.2 Å². The maximum absolute atomic E-state index is 14.9. The molecule has 2 N–H and O–H groups in total. The fourth-order valence-electron chi connectivity index (χ4n) is 2.86. The molecule has 1 amide bonds. The number of imidazole rings is 1. The van der Waals surface area contributed by atoms with Gasteiger partial charge in [-0.15, -0.1) is 0 Å². The molecule has 0 radical (unpaired) electrons. The molecule has 12 heteroatoms. The lowest BCUT2D eigenvalue weighted by atomic mass is 10.1. The zero-order chi connectivity index (χ0) is 24.5. The van der Waals surface area contributed by atoms with E-state index in [9.17, 15) is 31.9 Å². The van der Waals surface area contributed by atoms with Gasteiger partial charge in [-0.3, -0.25) is 4.79 Å². The number of aryl methyl sites for hydroxylation is 1. The molecular formula is C21H17ClF5N3O3. The van der Waals surface area contributed by atoms with Gasteiger partial charge in [0.1, 0.15) is 29.8 Å². The van der Waals surface area contributed by atoms with Gasteiger partial charge in [-0.25, -0.2) is 13.8 Å². The number of amides is 1. The van der Waals surface area contributed by atoms with Gasteiger partial charge >= 0.3 is 6.18 Å². The molecule has 1 heterocycles. The van der Waals surface area contributed by atoms with Crippen LogP contribution in [0.2, 0.25) is 5.02 Å². The summed E-state index contributed by atoms with van der Waals surface area (Å²) in [6, 6.07) is 5.12. The van der Waals surface area contributed by atoms with E-state index in [-0.39, 0.29) is 22.1 Å². The second kappa shape index (κ2) is 9.36. The van der Waals surface area contributed by atoms with E-state index in [1.807, 2.05) is 0 Å². The van der Waals surface area contributed by atoms with Crippen molar-refractivity contribution in [2.24, 2.45) is 7.05 Å². The molecule has 0 aliphatic rings. The number of aliphatic hydroxyl groups excluding tert-OH is 1. The third kappa shape index (κ3) is 5.25. The Labute approximate surface area is 189 Å². The molecule has 0 bridgehead atoms. The van der Waals surface area contributed by atoms with Crippen LogP contribution in [0.3, 0.4) is 0 Å². The van der Waals surface area contributed by atoms with Gasteiger partial charge in [0.05, 0.1) is 22.0 Å². The molecular weight excluding hydrogens is 473 g/mol. The van der Waals surface area contributed by atoms with Crippen LogP contribution in [0.4, 0.5) is 27.6 Å². The molecule has 2 aromatic carbocycles. The van der Waals surface area contributed by atoms with E-state index in [1.165, 1.54) is 29.9 Å². The molecule has 1 unspecified atom stereocenters. The Balaban J connectivity index is 2.09. The molecule has 3 rings (SSSR count). The number of anilines is 1. The van der Waals surface area contributed by atoms with Crippen molar-refractivity contribution in [2.75, 3.05) is 5.32 Å². The van der Waals surface area contributed by atoms with E-state index >= 15 is 0 Å². The number of aromatic nitrogens is 2. The first-order valence-electron chi connectivity index (χ1n) is 9.38. The number of ether oxygens (including phenoxy) is 1. The molecule has 0 saturated carbocycles. The summed E-state index contributed by atoms with van der Waals surface area (Å²) in [5.74, 6) is -3.49. The van der Waals surface area contributed by atoms with E-state index in [4.69, 9.17) is 16.3 Å². The van der Waals surface area contributed by atoms with Crippen LogP contribution in [0.5, 0.6) is 5.75 Å². The number of carbonyl (C=O) groups excluding carboxylic acids is 1. The molecule has 0 spiro atoms. The smallest absolute Gasteiger partial charge is 0.425 e. The lowest BCUT2D eigenvalue weighted by molar-refractivity contribution is -0.189. The summed E-state index contributed by atoms with van der Waals surface area (Å²) < 4.78 is 74.7. The van der Waals surface area contributed by atoms with Gasteiger partial charge in [0.25, 0.3) is 5.91 Å². The number of alkyl halides is 3. The van der Waals surface area contributed by atoms with Crippen LogP contribution in [0, 0.1) is 11.6 Å². The van der Waals surface area contributed by atoms with Crippen molar-refractivity contribution >= 4 is 23.2 Å². The van der Waals surface area contributed by atoms with Crippen molar-refractivity contribution in [2.45, 2.75) is 25.8 Å². The molecule has 0 aliphatic carbocycles. The lowest BCUT2D eigenvalue weighted by Gasteiger charge is -2.20. The number of hydrogen-bond acceptors (Lipinski definition) is 4. The molecule has 176 valence electrons. The SMILES string of the molecule is CC(Oc1cc(-c2cn(C)c(CO)n2)c(F)cc1C(=O)Nc1c(F)cccc1Cl)C(F)(F)F. The minimum absolute atomic E-state index is 0.00679. The monoisotopic (exact) mass is 489 g/mol. The maximum atomic E-state index is 14.9.